The van der Waals surface area contributed by atoms with E-state index < -0.39 is 16.1 Å². The molecule has 0 unspecified atom stereocenters. The van der Waals surface area contributed by atoms with Gasteiger partial charge in [0.25, 0.3) is 10.1 Å². The van der Waals surface area contributed by atoms with Crippen molar-refractivity contribution in [2.75, 3.05) is 6.61 Å². The van der Waals surface area contributed by atoms with Gasteiger partial charge < -0.3 is 4.74 Å². The lowest BCUT2D eigenvalue weighted by atomic mass is 10.2. The predicted molar refractivity (Wildman–Crippen MR) is 60.4 cm³/mol. The van der Waals surface area contributed by atoms with Crippen LogP contribution in [-0.4, -0.2) is 25.5 Å². The first-order valence-corrected chi connectivity index (χ1v) is 6.70. The zero-order valence-electron chi connectivity index (χ0n) is 9.60. The number of carbonyl (C=O) groups excluding carboxylic acids is 1. The largest absolute Gasteiger partial charge is 0.462 e. The topological polar surface area (TPSA) is 80.7 Å². The summed E-state index contributed by atoms with van der Waals surface area (Å²) in [6.45, 7) is 3.63. The van der Waals surface area contributed by atoms with Crippen molar-refractivity contribution in [2.45, 2.75) is 39.5 Å². The molecule has 0 radical (unpaired) electrons. The van der Waals surface area contributed by atoms with E-state index in [9.17, 15) is 13.2 Å². The number of esters is 1. The second-order valence-corrected chi connectivity index (χ2v) is 4.78. The molecular weight excluding hydrogens is 232 g/mol. The zero-order valence-corrected chi connectivity index (χ0v) is 10.4. The molecule has 0 aromatic carbocycles. The van der Waals surface area contributed by atoms with Crippen LogP contribution in [0.5, 0.6) is 0 Å². The lowest BCUT2D eigenvalue weighted by Crippen LogP contribution is -2.08. The molecule has 0 bridgehead atoms. The Morgan fingerprint density at radius 2 is 1.94 bits per heavy atom. The number of hydrogen-bond donors (Lipinski definition) is 1. The van der Waals surface area contributed by atoms with E-state index in [1.54, 1.807) is 0 Å². The second kappa shape index (κ2) is 7.40. The maximum absolute atomic E-state index is 11.2. The van der Waals surface area contributed by atoms with Crippen LogP contribution >= 0.6 is 0 Å². The maximum atomic E-state index is 11.2. The van der Waals surface area contributed by atoms with Crippen LogP contribution in [0, 0.1) is 0 Å². The minimum absolute atomic E-state index is 0.127. The monoisotopic (exact) mass is 250 g/mol. The average molecular weight is 250 g/mol. The number of rotatable bonds is 7. The van der Waals surface area contributed by atoms with Crippen LogP contribution in [0.3, 0.4) is 0 Å². The lowest BCUT2D eigenvalue weighted by Gasteiger charge is -2.03. The van der Waals surface area contributed by atoms with E-state index in [0.29, 0.717) is 5.41 Å². The number of hydrogen-bond acceptors (Lipinski definition) is 4. The Kier molecular flexibility index (Phi) is 7.00. The molecule has 1 N–H and O–H groups in total. The van der Waals surface area contributed by atoms with Crippen LogP contribution in [0.25, 0.3) is 0 Å². The fourth-order valence-corrected chi connectivity index (χ4v) is 1.62. The van der Waals surface area contributed by atoms with Crippen molar-refractivity contribution in [2.24, 2.45) is 0 Å². The molecule has 0 spiro atoms. The summed E-state index contributed by atoms with van der Waals surface area (Å²) in [5.74, 6) is -0.714. The van der Waals surface area contributed by atoms with Crippen molar-refractivity contribution in [3.05, 3.63) is 11.0 Å². The second-order valence-electron chi connectivity index (χ2n) is 3.51. The molecular formula is C10H18O5S. The highest BCUT2D eigenvalue weighted by molar-refractivity contribution is 7.88. The third-order valence-electron chi connectivity index (χ3n) is 1.88. The van der Waals surface area contributed by atoms with Crippen LogP contribution < -0.4 is 0 Å². The first-order valence-electron chi connectivity index (χ1n) is 5.19. The molecule has 0 atom stereocenters. The molecule has 0 aromatic rings. The molecule has 0 aromatic heterocycles. The van der Waals surface area contributed by atoms with Crippen LogP contribution in [0.2, 0.25) is 0 Å². The molecule has 94 valence electrons. The van der Waals surface area contributed by atoms with Crippen molar-refractivity contribution in [1.82, 2.24) is 0 Å². The quantitative estimate of drug-likeness (QED) is 0.323. The third kappa shape index (κ3) is 8.43. The van der Waals surface area contributed by atoms with Gasteiger partial charge in [0.2, 0.25) is 0 Å². The molecule has 16 heavy (non-hydrogen) atoms. The number of unbranched alkanes of at least 4 members (excludes halogenated alkanes) is 3. The van der Waals surface area contributed by atoms with Crippen LogP contribution in [0.15, 0.2) is 11.0 Å². The summed E-state index contributed by atoms with van der Waals surface area (Å²) in [7, 11) is -4.27. The first kappa shape index (κ1) is 15.1. The first-order chi connectivity index (χ1) is 7.37. The van der Waals surface area contributed by atoms with Crippen molar-refractivity contribution < 1.29 is 22.5 Å². The predicted octanol–water partition coefficient (Wildman–Crippen LogP) is 1.90. The highest BCUT2D eigenvalue weighted by atomic mass is 32.2. The van der Waals surface area contributed by atoms with Gasteiger partial charge in [-0.15, -0.1) is 0 Å². The van der Waals surface area contributed by atoms with E-state index in [2.05, 4.69) is 6.92 Å². The summed E-state index contributed by atoms with van der Waals surface area (Å²) >= 11 is 0. The molecule has 5 nitrogen and oxygen atoms in total. The van der Waals surface area contributed by atoms with Gasteiger partial charge in [-0.1, -0.05) is 26.2 Å². The Morgan fingerprint density at radius 1 is 1.31 bits per heavy atom. The van der Waals surface area contributed by atoms with Gasteiger partial charge in [-0.05, 0) is 13.3 Å². The summed E-state index contributed by atoms with van der Waals surface area (Å²) in [6, 6.07) is 0. The molecule has 0 saturated carbocycles. The summed E-state index contributed by atoms with van der Waals surface area (Å²) < 4.78 is 34.1. The Morgan fingerprint density at radius 3 is 2.44 bits per heavy atom. The molecule has 0 aliphatic rings. The average Bonchev–Trinajstić information content (AvgIpc) is 2.14. The van der Waals surface area contributed by atoms with E-state index >= 15 is 0 Å². The highest BCUT2D eigenvalue weighted by Gasteiger charge is 2.09. The van der Waals surface area contributed by atoms with Gasteiger partial charge in [0, 0.05) is 5.57 Å². The van der Waals surface area contributed by atoms with Crippen LogP contribution in [0.1, 0.15) is 39.5 Å². The van der Waals surface area contributed by atoms with Gasteiger partial charge in [-0.25, -0.2) is 4.79 Å². The Balaban J connectivity index is 3.94. The highest BCUT2D eigenvalue weighted by Crippen LogP contribution is 2.03. The fourth-order valence-electron chi connectivity index (χ4n) is 1.08. The Bertz CT molecular complexity index is 342. The SMILES string of the molecule is CCCCCCOC(=O)C(C)=CS(=O)(=O)O. The van der Waals surface area contributed by atoms with Crippen molar-refractivity contribution in [3.63, 3.8) is 0 Å². The molecule has 0 aliphatic carbocycles. The van der Waals surface area contributed by atoms with E-state index in [0.717, 1.165) is 25.7 Å². The minimum atomic E-state index is -4.27. The fraction of sp³-hybridized carbons (Fsp3) is 0.700. The van der Waals surface area contributed by atoms with Crippen LogP contribution in [-0.2, 0) is 19.6 Å². The zero-order chi connectivity index (χ0) is 12.6. The molecule has 0 heterocycles. The summed E-state index contributed by atoms with van der Waals surface area (Å²) in [5.41, 5.74) is -0.127. The van der Waals surface area contributed by atoms with Crippen molar-refractivity contribution in [3.8, 4) is 0 Å². The van der Waals surface area contributed by atoms with E-state index in [-0.39, 0.29) is 12.2 Å². The molecule has 0 amide bonds. The molecule has 6 heteroatoms. The van der Waals surface area contributed by atoms with Crippen molar-refractivity contribution in [1.29, 1.82) is 0 Å². The van der Waals surface area contributed by atoms with E-state index in [1.165, 1.54) is 6.92 Å². The summed E-state index contributed by atoms with van der Waals surface area (Å²) in [5, 5.41) is 0.487. The molecule has 0 saturated heterocycles. The van der Waals surface area contributed by atoms with Gasteiger partial charge in [0.15, 0.2) is 0 Å². The van der Waals surface area contributed by atoms with Gasteiger partial charge >= 0.3 is 5.97 Å². The lowest BCUT2D eigenvalue weighted by molar-refractivity contribution is -0.139. The Hall–Kier alpha value is -0.880. The number of carbonyl (C=O) groups is 1. The van der Waals surface area contributed by atoms with Gasteiger partial charge in [-0.2, -0.15) is 8.42 Å². The third-order valence-corrected chi connectivity index (χ3v) is 2.53. The Labute approximate surface area is 96.2 Å². The molecule has 0 aliphatic heterocycles. The molecule has 0 rings (SSSR count). The summed E-state index contributed by atoms with van der Waals surface area (Å²) in [4.78, 5) is 11.2. The normalized spacial score (nSPS) is 12.6. The van der Waals surface area contributed by atoms with E-state index in [1.807, 2.05) is 0 Å². The van der Waals surface area contributed by atoms with Gasteiger partial charge in [0.1, 0.15) is 0 Å². The number of ether oxygens (including phenoxy) is 1. The molecule has 0 fully saturated rings. The maximum Gasteiger partial charge on any atom is 0.334 e. The van der Waals surface area contributed by atoms with Crippen molar-refractivity contribution >= 4 is 16.1 Å². The van der Waals surface area contributed by atoms with E-state index in [4.69, 9.17) is 9.29 Å². The minimum Gasteiger partial charge on any atom is -0.462 e. The van der Waals surface area contributed by atoms with Gasteiger partial charge in [-0.3, -0.25) is 4.55 Å². The standard InChI is InChI=1S/C10H18O5S/c1-3-4-5-6-7-15-10(11)9(2)8-16(12,13)14/h8H,3-7H2,1-2H3,(H,12,13,14). The smallest absolute Gasteiger partial charge is 0.334 e. The van der Waals surface area contributed by atoms with Crippen LogP contribution in [0.4, 0.5) is 0 Å². The summed E-state index contributed by atoms with van der Waals surface area (Å²) in [6.07, 6.45) is 3.91. The van der Waals surface area contributed by atoms with Gasteiger partial charge in [0.05, 0.1) is 12.0 Å².